The first-order valence-electron chi connectivity index (χ1n) is 5.02. The van der Waals surface area contributed by atoms with Crippen molar-refractivity contribution in [2.75, 3.05) is 5.32 Å². The first kappa shape index (κ1) is 9.83. The van der Waals surface area contributed by atoms with Crippen LogP contribution in [0.1, 0.15) is 18.4 Å². The minimum atomic E-state index is -0.251. The number of benzene rings is 1. The quantitative estimate of drug-likeness (QED) is 0.648. The summed E-state index contributed by atoms with van der Waals surface area (Å²) in [5.41, 5.74) is 1.45. The maximum atomic E-state index is 11.4. The lowest BCUT2D eigenvalue weighted by Crippen LogP contribution is -2.30. The molecule has 1 aliphatic rings. The Balaban J connectivity index is 2.01. The van der Waals surface area contributed by atoms with E-state index in [0.717, 1.165) is 18.4 Å². The average molecular weight is 206 g/mol. The number of rotatable bonds is 2. The van der Waals surface area contributed by atoms with E-state index in [-0.39, 0.29) is 11.8 Å². The van der Waals surface area contributed by atoms with E-state index in [9.17, 15) is 9.90 Å². The number of carbonyl (C=O) groups excluding carboxylic acids is 1. The molecule has 4 heteroatoms. The summed E-state index contributed by atoms with van der Waals surface area (Å²) in [6.45, 7) is 1.91. The maximum absolute atomic E-state index is 11.4. The Kier molecular flexibility index (Phi) is 2.49. The van der Waals surface area contributed by atoms with Gasteiger partial charge >= 0.3 is 6.03 Å². The Morgan fingerprint density at radius 2 is 2.20 bits per heavy atom. The second kappa shape index (κ2) is 3.81. The first-order valence-corrected chi connectivity index (χ1v) is 5.02. The molecule has 0 spiro atoms. The largest absolute Gasteiger partial charge is 0.506 e. The molecular weight excluding hydrogens is 192 g/mol. The molecule has 0 radical (unpaired) electrons. The Bertz CT molecular complexity index is 386. The van der Waals surface area contributed by atoms with Crippen LogP contribution in [0.15, 0.2) is 18.2 Å². The number of anilines is 1. The smallest absolute Gasteiger partial charge is 0.319 e. The van der Waals surface area contributed by atoms with Gasteiger partial charge in [-0.05, 0) is 37.5 Å². The molecule has 1 aromatic carbocycles. The third-order valence-electron chi connectivity index (χ3n) is 2.31. The zero-order valence-electron chi connectivity index (χ0n) is 8.58. The summed E-state index contributed by atoms with van der Waals surface area (Å²) in [5.74, 6) is 0.0894. The normalized spacial score (nSPS) is 14.7. The predicted octanol–water partition coefficient (Wildman–Crippen LogP) is 1.98. The fourth-order valence-corrected chi connectivity index (χ4v) is 1.32. The van der Waals surface area contributed by atoms with Crippen molar-refractivity contribution in [2.24, 2.45) is 0 Å². The number of urea groups is 1. The SMILES string of the molecule is Cc1ccc(O)c(NC(=O)NC2CC2)c1. The molecule has 0 aromatic heterocycles. The molecule has 80 valence electrons. The lowest BCUT2D eigenvalue weighted by Gasteiger charge is -2.08. The zero-order valence-corrected chi connectivity index (χ0v) is 8.58. The van der Waals surface area contributed by atoms with Crippen LogP contribution in [0.2, 0.25) is 0 Å². The van der Waals surface area contributed by atoms with Gasteiger partial charge in [-0.25, -0.2) is 4.79 Å². The third kappa shape index (κ3) is 2.62. The summed E-state index contributed by atoms with van der Waals surface area (Å²) in [4.78, 5) is 11.4. The van der Waals surface area contributed by atoms with E-state index in [1.165, 1.54) is 0 Å². The van der Waals surface area contributed by atoms with Crippen LogP contribution in [0, 0.1) is 6.92 Å². The van der Waals surface area contributed by atoms with Gasteiger partial charge < -0.3 is 15.7 Å². The van der Waals surface area contributed by atoms with Gasteiger partial charge in [-0.1, -0.05) is 6.07 Å². The van der Waals surface area contributed by atoms with Crippen molar-refractivity contribution in [3.05, 3.63) is 23.8 Å². The third-order valence-corrected chi connectivity index (χ3v) is 2.31. The summed E-state index contributed by atoms with van der Waals surface area (Å²) in [6.07, 6.45) is 2.10. The number of phenolic OH excluding ortho intramolecular Hbond substituents is 1. The van der Waals surface area contributed by atoms with Gasteiger partial charge in [0.15, 0.2) is 0 Å². The van der Waals surface area contributed by atoms with Crippen LogP contribution < -0.4 is 10.6 Å². The Morgan fingerprint density at radius 3 is 2.87 bits per heavy atom. The minimum Gasteiger partial charge on any atom is -0.506 e. The van der Waals surface area contributed by atoms with Crippen LogP contribution in [0.25, 0.3) is 0 Å². The minimum absolute atomic E-state index is 0.0894. The van der Waals surface area contributed by atoms with Crippen molar-refractivity contribution in [1.29, 1.82) is 0 Å². The van der Waals surface area contributed by atoms with Crippen molar-refractivity contribution in [2.45, 2.75) is 25.8 Å². The van der Waals surface area contributed by atoms with Crippen LogP contribution in [-0.4, -0.2) is 17.2 Å². The molecular formula is C11H14N2O2. The molecule has 2 rings (SSSR count). The van der Waals surface area contributed by atoms with Crippen LogP contribution >= 0.6 is 0 Å². The molecule has 0 bridgehead atoms. The number of hydrogen-bond acceptors (Lipinski definition) is 2. The van der Waals surface area contributed by atoms with Crippen LogP contribution in [-0.2, 0) is 0 Å². The second-order valence-corrected chi connectivity index (χ2v) is 3.89. The number of aromatic hydroxyl groups is 1. The molecule has 4 nitrogen and oxygen atoms in total. The summed E-state index contributed by atoms with van der Waals surface area (Å²) < 4.78 is 0. The molecule has 0 aliphatic heterocycles. The van der Waals surface area contributed by atoms with Crippen LogP contribution in [0.5, 0.6) is 5.75 Å². The zero-order chi connectivity index (χ0) is 10.8. The highest BCUT2D eigenvalue weighted by molar-refractivity contribution is 5.91. The lowest BCUT2D eigenvalue weighted by atomic mass is 10.2. The van der Waals surface area contributed by atoms with E-state index < -0.39 is 0 Å². The van der Waals surface area contributed by atoms with E-state index >= 15 is 0 Å². The molecule has 0 saturated heterocycles. The maximum Gasteiger partial charge on any atom is 0.319 e. The second-order valence-electron chi connectivity index (χ2n) is 3.89. The van der Waals surface area contributed by atoms with Gasteiger partial charge in [-0.15, -0.1) is 0 Å². The molecule has 1 aliphatic carbocycles. The van der Waals surface area contributed by atoms with Gasteiger partial charge in [0.1, 0.15) is 5.75 Å². The predicted molar refractivity (Wildman–Crippen MR) is 58.0 cm³/mol. The number of aryl methyl sites for hydroxylation is 1. The van der Waals surface area contributed by atoms with Gasteiger partial charge in [0.2, 0.25) is 0 Å². The lowest BCUT2D eigenvalue weighted by molar-refractivity contribution is 0.251. The molecule has 2 amide bonds. The Morgan fingerprint density at radius 1 is 1.47 bits per heavy atom. The average Bonchev–Trinajstić information content (AvgIpc) is 2.95. The topological polar surface area (TPSA) is 61.4 Å². The highest BCUT2D eigenvalue weighted by Crippen LogP contribution is 2.24. The molecule has 1 aromatic rings. The summed E-state index contributed by atoms with van der Waals surface area (Å²) in [7, 11) is 0. The van der Waals surface area contributed by atoms with Crippen LogP contribution in [0.4, 0.5) is 10.5 Å². The standard InChI is InChI=1S/C11H14N2O2/c1-7-2-5-10(14)9(6-7)13-11(15)12-8-3-4-8/h2,5-6,8,14H,3-4H2,1H3,(H2,12,13,15). The van der Waals surface area contributed by atoms with Gasteiger partial charge in [-0.2, -0.15) is 0 Å². The molecule has 15 heavy (non-hydrogen) atoms. The molecule has 1 saturated carbocycles. The molecule has 3 N–H and O–H groups in total. The van der Waals surface area contributed by atoms with Gasteiger partial charge in [0.25, 0.3) is 0 Å². The summed E-state index contributed by atoms with van der Waals surface area (Å²) in [5, 5.41) is 14.9. The van der Waals surface area contributed by atoms with E-state index in [2.05, 4.69) is 10.6 Å². The fourth-order valence-electron chi connectivity index (χ4n) is 1.32. The Labute approximate surface area is 88.3 Å². The van der Waals surface area contributed by atoms with Crippen LogP contribution in [0.3, 0.4) is 0 Å². The monoisotopic (exact) mass is 206 g/mol. The van der Waals surface area contributed by atoms with Gasteiger partial charge in [-0.3, -0.25) is 0 Å². The van der Waals surface area contributed by atoms with E-state index in [1.807, 2.05) is 6.92 Å². The van der Waals surface area contributed by atoms with Crippen molar-refractivity contribution >= 4 is 11.7 Å². The van der Waals surface area contributed by atoms with Crippen molar-refractivity contribution in [1.82, 2.24) is 5.32 Å². The number of amides is 2. The van der Waals surface area contributed by atoms with E-state index in [0.29, 0.717) is 11.7 Å². The Hall–Kier alpha value is -1.71. The van der Waals surface area contributed by atoms with Crippen molar-refractivity contribution in [3.8, 4) is 5.75 Å². The molecule has 0 atom stereocenters. The van der Waals surface area contributed by atoms with Crippen molar-refractivity contribution < 1.29 is 9.90 Å². The summed E-state index contributed by atoms with van der Waals surface area (Å²) in [6, 6.07) is 5.17. The molecule has 0 heterocycles. The van der Waals surface area contributed by atoms with Gasteiger partial charge in [0, 0.05) is 6.04 Å². The highest BCUT2D eigenvalue weighted by Gasteiger charge is 2.23. The summed E-state index contributed by atoms with van der Waals surface area (Å²) >= 11 is 0. The first-order chi connectivity index (χ1) is 7.15. The number of hydrogen-bond donors (Lipinski definition) is 3. The van der Waals surface area contributed by atoms with E-state index in [4.69, 9.17) is 0 Å². The molecule has 1 fully saturated rings. The number of carbonyl (C=O) groups is 1. The highest BCUT2D eigenvalue weighted by atomic mass is 16.3. The van der Waals surface area contributed by atoms with Crippen molar-refractivity contribution in [3.63, 3.8) is 0 Å². The number of phenols is 1. The van der Waals surface area contributed by atoms with E-state index in [1.54, 1.807) is 18.2 Å². The van der Waals surface area contributed by atoms with Gasteiger partial charge in [0.05, 0.1) is 5.69 Å². The fraction of sp³-hybridized carbons (Fsp3) is 0.364. The molecule has 0 unspecified atom stereocenters. The number of nitrogens with one attached hydrogen (secondary N) is 2.